The number of benzene rings is 1. The number of carbonyl (C=O) groups is 1. The molecule has 0 aliphatic heterocycles. The van der Waals surface area contributed by atoms with Gasteiger partial charge in [0.1, 0.15) is 0 Å². The third kappa shape index (κ3) is 8.46. The van der Waals surface area contributed by atoms with Gasteiger partial charge in [-0.15, -0.1) is 0 Å². The topological polar surface area (TPSA) is 109 Å². The van der Waals surface area contributed by atoms with Gasteiger partial charge in [0.05, 0.1) is 32.6 Å². The summed E-state index contributed by atoms with van der Waals surface area (Å²) in [7, 11) is 4.76. The molecule has 0 fully saturated rings. The van der Waals surface area contributed by atoms with Crippen LogP contribution in [0.5, 0.6) is 17.4 Å². The van der Waals surface area contributed by atoms with Crippen molar-refractivity contribution in [3.8, 4) is 17.4 Å². The highest BCUT2D eigenvalue weighted by Gasteiger charge is 2.15. The zero-order chi connectivity index (χ0) is 23.1. The molecular weight excluding hydrogens is 404 g/mol. The number of nitrogens with one attached hydrogen (secondary N) is 1. The Labute approximate surface area is 183 Å². The molecule has 0 aliphatic rings. The number of rotatable bonds is 8. The second-order valence-corrected chi connectivity index (χ2v) is 6.47. The predicted molar refractivity (Wildman–Crippen MR) is 122 cm³/mol. The average Bonchev–Trinajstić information content (AvgIpc) is 2.78. The van der Waals surface area contributed by atoms with Gasteiger partial charge in [0.15, 0.2) is 16.7 Å². The lowest BCUT2D eigenvalue weighted by molar-refractivity contribution is -0.109. The minimum atomic E-state index is -0.110. The van der Waals surface area contributed by atoms with Crippen molar-refractivity contribution < 1.29 is 19.0 Å². The number of amides is 1. The molecule has 1 heterocycles. The summed E-state index contributed by atoms with van der Waals surface area (Å²) in [4.78, 5) is 18.6. The first kappa shape index (κ1) is 27.5. The van der Waals surface area contributed by atoms with Crippen LogP contribution in [-0.4, -0.2) is 44.0 Å². The summed E-state index contributed by atoms with van der Waals surface area (Å²) >= 11 is 1.49. The van der Waals surface area contributed by atoms with Crippen LogP contribution in [0.2, 0.25) is 0 Å². The second-order valence-electron chi connectivity index (χ2n) is 5.70. The zero-order valence-corrected chi connectivity index (χ0v) is 19.9. The van der Waals surface area contributed by atoms with Crippen molar-refractivity contribution in [1.82, 2.24) is 15.3 Å². The van der Waals surface area contributed by atoms with Crippen LogP contribution in [0.15, 0.2) is 23.4 Å². The van der Waals surface area contributed by atoms with E-state index in [2.05, 4.69) is 15.3 Å². The van der Waals surface area contributed by atoms with Crippen LogP contribution >= 0.6 is 11.8 Å². The van der Waals surface area contributed by atoms with Crippen molar-refractivity contribution in [2.24, 2.45) is 5.73 Å². The van der Waals surface area contributed by atoms with Gasteiger partial charge in [-0.05, 0) is 37.8 Å². The molecule has 8 nitrogen and oxygen atoms in total. The van der Waals surface area contributed by atoms with E-state index in [9.17, 15) is 4.79 Å². The molecule has 1 aromatic carbocycles. The molecule has 2 aromatic rings. The molecule has 1 unspecified atom stereocenters. The summed E-state index contributed by atoms with van der Waals surface area (Å²) < 4.78 is 15.4. The van der Waals surface area contributed by atoms with Crippen molar-refractivity contribution >= 4 is 18.2 Å². The normalized spacial score (nSPS) is 10.4. The summed E-state index contributed by atoms with van der Waals surface area (Å²) in [5, 5.41) is 3.29. The number of thioether (sulfide) groups is 1. The van der Waals surface area contributed by atoms with Gasteiger partial charge in [-0.1, -0.05) is 31.7 Å². The fraction of sp³-hybridized carbons (Fsp3) is 0.476. The van der Waals surface area contributed by atoms with E-state index in [1.54, 1.807) is 27.4 Å². The van der Waals surface area contributed by atoms with Crippen molar-refractivity contribution in [3.63, 3.8) is 0 Å². The molecule has 0 spiro atoms. The van der Waals surface area contributed by atoms with Gasteiger partial charge in [0.2, 0.25) is 12.3 Å². The summed E-state index contributed by atoms with van der Waals surface area (Å²) in [5.74, 6) is 1.93. The van der Waals surface area contributed by atoms with Crippen LogP contribution in [0.4, 0.5) is 0 Å². The lowest BCUT2D eigenvalue weighted by Gasteiger charge is -2.13. The van der Waals surface area contributed by atoms with Gasteiger partial charge >= 0.3 is 0 Å². The van der Waals surface area contributed by atoms with Crippen molar-refractivity contribution in [1.29, 1.82) is 0 Å². The zero-order valence-electron chi connectivity index (χ0n) is 19.1. The minimum Gasteiger partial charge on any atom is -0.493 e. The van der Waals surface area contributed by atoms with Crippen molar-refractivity contribution in [3.05, 3.63) is 35.0 Å². The van der Waals surface area contributed by atoms with E-state index in [-0.39, 0.29) is 6.04 Å². The number of ether oxygens (including phenoxy) is 3. The lowest BCUT2D eigenvalue weighted by atomic mass is 10.1. The number of aryl methyl sites for hydroxylation is 1. The van der Waals surface area contributed by atoms with Crippen molar-refractivity contribution in [2.45, 2.75) is 45.4 Å². The molecule has 1 aromatic heterocycles. The van der Waals surface area contributed by atoms with E-state index >= 15 is 0 Å². The molecule has 30 heavy (non-hydrogen) atoms. The van der Waals surface area contributed by atoms with E-state index in [0.29, 0.717) is 35.5 Å². The summed E-state index contributed by atoms with van der Waals surface area (Å²) in [6, 6.07) is 5.40. The van der Waals surface area contributed by atoms with Crippen LogP contribution in [0.25, 0.3) is 0 Å². The lowest BCUT2D eigenvalue weighted by Crippen LogP contribution is -2.12. The van der Waals surface area contributed by atoms with E-state index in [0.717, 1.165) is 16.8 Å². The average molecular weight is 439 g/mol. The fourth-order valence-electron chi connectivity index (χ4n) is 2.45. The summed E-state index contributed by atoms with van der Waals surface area (Å²) in [6.45, 7) is 8.31. The van der Waals surface area contributed by atoms with E-state index in [1.807, 2.05) is 46.1 Å². The Morgan fingerprint density at radius 2 is 1.77 bits per heavy atom. The number of hydrogen-bond acceptors (Lipinski definition) is 8. The standard InChI is InChI=1S/C10H13NO3.C9H15N3OS.C2H6/c1-13-9-4-3-8(6-11-7-12)5-10(9)14-2;1-5(10)7-6(2)11-9(14-4)12-8(7)13-3;1-2/h3-5,7H,6H2,1-2H3,(H,11,12);5H,10H2,1-4H3;1-2H3. The Morgan fingerprint density at radius 1 is 1.13 bits per heavy atom. The largest absolute Gasteiger partial charge is 0.493 e. The number of nitrogens with zero attached hydrogens (tertiary/aromatic N) is 2. The maximum atomic E-state index is 10.1. The van der Waals surface area contributed by atoms with Gasteiger partial charge in [0.25, 0.3) is 0 Å². The Kier molecular flexibility index (Phi) is 14.0. The van der Waals surface area contributed by atoms with E-state index in [4.69, 9.17) is 19.9 Å². The smallest absolute Gasteiger partial charge is 0.222 e. The van der Waals surface area contributed by atoms with E-state index < -0.39 is 0 Å². The molecule has 3 N–H and O–H groups in total. The maximum Gasteiger partial charge on any atom is 0.222 e. The van der Waals surface area contributed by atoms with Crippen molar-refractivity contribution in [2.75, 3.05) is 27.6 Å². The highest BCUT2D eigenvalue weighted by molar-refractivity contribution is 7.98. The summed E-state index contributed by atoms with van der Waals surface area (Å²) in [6.07, 6.45) is 2.59. The third-order valence-corrected chi connectivity index (χ3v) is 4.30. The molecule has 1 atom stereocenters. The second kappa shape index (κ2) is 15.3. The predicted octanol–water partition coefficient (Wildman–Crippen LogP) is 3.51. The number of hydrogen-bond donors (Lipinski definition) is 2. The molecular formula is C21H34N4O4S. The molecule has 0 radical (unpaired) electrons. The number of carbonyl (C=O) groups excluding carboxylic acids is 1. The fourth-order valence-corrected chi connectivity index (χ4v) is 2.85. The van der Waals surface area contributed by atoms with Crippen LogP contribution < -0.4 is 25.3 Å². The first-order valence-electron chi connectivity index (χ1n) is 9.51. The Morgan fingerprint density at radius 3 is 2.23 bits per heavy atom. The SMILES string of the molecule is CC.COc1ccc(CNC=O)cc1OC.COc1nc(SC)nc(C)c1C(C)N. The van der Waals surface area contributed by atoms with Gasteiger partial charge in [-0.25, -0.2) is 4.98 Å². The number of nitrogens with two attached hydrogens (primary N) is 1. The first-order chi connectivity index (χ1) is 14.4. The number of methoxy groups -OCH3 is 3. The van der Waals surface area contributed by atoms with Crippen LogP contribution in [-0.2, 0) is 11.3 Å². The molecule has 0 saturated carbocycles. The van der Waals surface area contributed by atoms with Crippen LogP contribution in [0.1, 0.15) is 43.6 Å². The van der Waals surface area contributed by atoms with Crippen LogP contribution in [0.3, 0.4) is 0 Å². The first-order valence-corrected chi connectivity index (χ1v) is 10.7. The third-order valence-electron chi connectivity index (χ3n) is 3.75. The molecule has 0 bridgehead atoms. The maximum absolute atomic E-state index is 10.1. The molecule has 1 amide bonds. The summed E-state index contributed by atoms with van der Waals surface area (Å²) in [5.41, 5.74) is 8.55. The molecule has 0 aliphatic carbocycles. The van der Waals surface area contributed by atoms with Gasteiger partial charge < -0.3 is 25.3 Å². The molecule has 168 valence electrons. The Bertz CT molecular complexity index is 773. The monoisotopic (exact) mass is 438 g/mol. The van der Waals surface area contributed by atoms with Gasteiger partial charge in [0, 0.05) is 12.6 Å². The minimum absolute atomic E-state index is 0.110. The number of aromatic nitrogens is 2. The van der Waals surface area contributed by atoms with E-state index in [1.165, 1.54) is 11.8 Å². The molecule has 2 rings (SSSR count). The Balaban J connectivity index is 0.000000518. The highest BCUT2D eigenvalue weighted by Crippen LogP contribution is 2.27. The highest BCUT2D eigenvalue weighted by atomic mass is 32.2. The molecule has 9 heteroatoms. The van der Waals surface area contributed by atoms with Gasteiger partial charge in [-0.3, -0.25) is 4.79 Å². The van der Waals surface area contributed by atoms with Crippen LogP contribution in [0, 0.1) is 6.92 Å². The Hall–Kier alpha value is -2.52. The van der Waals surface area contributed by atoms with Gasteiger partial charge in [-0.2, -0.15) is 4.98 Å². The quantitative estimate of drug-likeness (QED) is 0.366. The molecule has 0 saturated heterocycles.